The van der Waals surface area contributed by atoms with Crippen LogP contribution in [0.2, 0.25) is 0 Å². The van der Waals surface area contributed by atoms with Gasteiger partial charge in [-0.05, 0) is 26.7 Å². The van der Waals surface area contributed by atoms with Gasteiger partial charge in [-0.2, -0.15) is 0 Å². The highest BCUT2D eigenvalue weighted by atomic mass is 16.5. The van der Waals surface area contributed by atoms with Gasteiger partial charge in [0.1, 0.15) is 0 Å². The average molecular weight is 321 g/mol. The number of urea groups is 1. The van der Waals surface area contributed by atoms with Gasteiger partial charge in [0, 0.05) is 31.8 Å². The maximum atomic E-state index is 12.8. The summed E-state index contributed by atoms with van der Waals surface area (Å²) in [7, 11) is 1.72. The predicted octanol–water partition coefficient (Wildman–Crippen LogP) is 1.61. The Morgan fingerprint density at radius 2 is 2.04 bits per heavy atom. The Labute approximate surface area is 137 Å². The molecule has 1 aliphatic heterocycles. The SMILES string of the molecule is COC1C(C)(C)CN(C(=O)NCC2(n3ccnn3)CC2)C1(C)C. The molecule has 0 aromatic carbocycles. The Morgan fingerprint density at radius 3 is 2.52 bits per heavy atom. The molecule has 1 unspecified atom stereocenters. The second-order valence-corrected chi connectivity index (χ2v) is 8.07. The Balaban J connectivity index is 1.67. The first kappa shape index (κ1) is 16.2. The molecule has 2 heterocycles. The van der Waals surface area contributed by atoms with Crippen LogP contribution in [0, 0.1) is 5.41 Å². The monoisotopic (exact) mass is 321 g/mol. The second kappa shape index (κ2) is 5.19. The second-order valence-electron chi connectivity index (χ2n) is 8.07. The molecule has 3 rings (SSSR count). The molecule has 1 saturated heterocycles. The zero-order chi connectivity index (χ0) is 16.9. The summed E-state index contributed by atoms with van der Waals surface area (Å²) < 4.78 is 7.56. The fraction of sp³-hybridized carbons (Fsp3) is 0.812. The topological polar surface area (TPSA) is 72.3 Å². The number of amides is 2. The van der Waals surface area contributed by atoms with E-state index in [1.165, 1.54) is 0 Å². The maximum absolute atomic E-state index is 12.8. The zero-order valence-electron chi connectivity index (χ0n) is 14.7. The molecule has 128 valence electrons. The number of carbonyl (C=O) groups excluding carboxylic acids is 1. The summed E-state index contributed by atoms with van der Waals surface area (Å²) in [5.74, 6) is 0. The molecule has 2 fully saturated rings. The highest BCUT2D eigenvalue weighted by Crippen LogP contribution is 2.44. The number of rotatable bonds is 4. The lowest BCUT2D eigenvalue weighted by molar-refractivity contribution is -0.0117. The molecule has 1 saturated carbocycles. The van der Waals surface area contributed by atoms with Crippen LogP contribution >= 0.6 is 0 Å². The summed E-state index contributed by atoms with van der Waals surface area (Å²) in [6.45, 7) is 9.70. The largest absolute Gasteiger partial charge is 0.378 e. The third kappa shape index (κ3) is 2.60. The third-order valence-electron chi connectivity index (χ3n) is 5.40. The van der Waals surface area contributed by atoms with Crippen molar-refractivity contribution in [1.29, 1.82) is 0 Å². The average Bonchev–Trinajstić information content (AvgIpc) is 2.98. The number of carbonyl (C=O) groups is 1. The molecular formula is C16H27N5O2. The molecule has 2 amide bonds. The summed E-state index contributed by atoms with van der Waals surface area (Å²) in [5.41, 5.74) is -0.503. The molecule has 0 radical (unpaired) electrons. The van der Waals surface area contributed by atoms with Gasteiger partial charge in [-0.15, -0.1) is 5.10 Å². The highest BCUT2D eigenvalue weighted by molar-refractivity contribution is 5.76. The minimum absolute atomic E-state index is 0.00551. The number of likely N-dealkylation sites (tertiary alicyclic amines) is 1. The Kier molecular flexibility index (Phi) is 3.66. The van der Waals surface area contributed by atoms with Crippen molar-refractivity contribution >= 4 is 6.03 Å². The van der Waals surface area contributed by atoms with Crippen LogP contribution in [0.1, 0.15) is 40.5 Å². The van der Waals surface area contributed by atoms with Crippen molar-refractivity contribution < 1.29 is 9.53 Å². The molecular weight excluding hydrogens is 294 g/mol. The Morgan fingerprint density at radius 1 is 1.35 bits per heavy atom. The van der Waals surface area contributed by atoms with Crippen LogP contribution in [0.3, 0.4) is 0 Å². The molecule has 1 aromatic heterocycles. The number of hydrogen-bond acceptors (Lipinski definition) is 4. The Bertz CT molecular complexity index is 577. The molecule has 7 nitrogen and oxygen atoms in total. The van der Waals surface area contributed by atoms with Gasteiger partial charge in [0.25, 0.3) is 0 Å². The number of nitrogens with one attached hydrogen (secondary N) is 1. The van der Waals surface area contributed by atoms with Gasteiger partial charge in [-0.25, -0.2) is 9.48 Å². The lowest BCUT2D eigenvalue weighted by Crippen LogP contribution is -2.53. The lowest BCUT2D eigenvalue weighted by atomic mass is 9.82. The van der Waals surface area contributed by atoms with E-state index < -0.39 is 0 Å². The summed E-state index contributed by atoms with van der Waals surface area (Å²) in [6.07, 6.45) is 5.59. The summed E-state index contributed by atoms with van der Waals surface area (Å²) in [6, 6.07) is -0.0333. The number of ether oxygens (including phenoxy) is 1. The third-order valence-corrected chi connectivity index (χ3v) is 5.40. The van der Waals surface area contributed by atoms with Crippen molar-refractivity contribution in [2.24, 2.45) is 5.41 Å². The minimum Gasteiger partial charge on any atom is -0.378 e. The van der Waals surface area contributed by atoms with Gasteiger partial charge in [0.05, 0.1) is 23.4 Å². The number of methoxy groups -OCH3 is 1. The van der Waals surface area contributed by atoms with E-state index in [2.05, 4.69) is 43.3 Å². The van der Waals surface area contributed by atoms with Crippen molar-refractivity contribution in [3.8, 4) is 0 Å². The standard InChI is InChI=1S/C16H27N5O2/c1-14(2)11-20(15(3,4)12(14)23-5)13(22)17-10-16(6-7-16)21-9-8-18-19-21/h8-9,12H,6-7,10-11H2,1-5H3,(H,17,22). The van der Waals surface area contributed by atoms with Crippen LogP contribution in [-0.2, 0) is 10.3 Å². The van der Waals surface area contributed by atoms with Gasteiger partial charge in [-0.3, -0.25) is 0 Å². The lowest BCUT2D eigenvalue weighted by Gasteiger charge is -2.36. The van der Waals surface area contributed by atoms with Crippen molar-refractivity contribution in [2.45, 2.75) is 57.7 Å². The maximum Gasteiger partial charge on any atom is 0.318 e. The van der Waals surface area contributed by atoms with Crippen LogP contribution in [0.15, 0.2) is 12.4 Å². The van der Waals surface area contributed by atoms with Gasteiger partial charge >= 0.3 is 6.03 Å². The summed E-state index contributed by atoms with van der Waals surface area (Å²) >= 11 is 0. The van der Waals surface area contributed by atoms with Crippen molar-refractivity contribution in [2.75, 3.05) is 20.2 Å². The first-order valence-corrected chi connectivity index (χ1v) is 8.18. The highest BCUT2D eigenvalue weighted by Gasteiger charge is 2.55. The number of hydrogen-bond donors (Lipinski definition) is 1. The molecule has 1 aromatic rings. The smallest absolute Gasteiger partial charge is 0.318 e. The van der Waals surface area contributed by atoms with E-state index in [1.807, 2.05) is 15.8 Å². The molecule has 1 aliphatic carbocycles. The van der Waals surface area contributed by atoms with Crippen LogP contribution < -0.4 is 5.32 Å². The molecule has 7 heteroatoms. The van der Waals surface area contributed by atoms with Crippen LogP contribution in [0.5, 0.6) is 0 Å². The van der Waals surface area contributed by atoms with Gasteiger partial charge in [0.2, 0.25) is 0 Å². The van der Waals surface area contributed by atoms with E-state index in [9.17, 15) is 4.79 Å². The first-order valence-electron chi connectivity index (χ1n) is 8.18. The zero-order valence-corrected chi connectivity index (χ0v) is 14.7. The van der Waals surface area contributed by atoms with Crippen LogP contribution in [0.25, 0.3) is 0 Å². The minimum atomic E-state index is -0.341. The van der Waals surface area contributed by atoms with Crippen LogP contribution in [0.4, 0.5) is 4.79 Å². The van der Waals surface area contributed by atoms with Gasteiger partial charge in [0.15, 0.2) is 0 Å². The number of nitrogens with zero attached hydrogens (tertiary/aromatic N) is 4. The van der Waals surface area contributed by atoms with Crippen molar-refractivity contribution in [3.63, 3.8) is 0 Å². The van der Waals surface area contributed by atoms with Crippen molar-refractivity contribution in [3.05, 3.63) is 12.4 Å². The van der Waals surface area contributed by atoms with Gasteiger partial charge in [-0.1, -0.05) is 19.1 Å². The quantitative estimate of drug-likeness (QED) is 0.914. The first-order chi connectivity index (χ1) is 10.7. The number of aromatic nitrogens is 3. The van der Waals surface area contributed by atoms with E-state index in [0.717, 1.165) is 12.8 Å². The fourth-order valence-corrected chi connectivity index (χ4v) is 4.16. The normalized spacial score (nSPS) is 27.0. The molecule has 0 bridgehead atoms. The summed E-state index contributed by atoms with van der Waals surface area (Å²) in [5, 5.41) is 11.1. The molecule has 1 N–H and O–H groups in total. The van der Waals surface area contributed by atoms with Gasteiger partial charge < -0.3 is 15.0 Å². The summed E-state index contributed by atoms with van der Waals surface area (Å²) in [4.78, 5) is 14.7. The van der Waals surface area contributed by atoms with Crippen molar-refractivity contribution in [1.82, 2.24) is 25.2 Å². The Hall–Kier alpha value is -1.63. The van der Waals surface area contributed by atoms with E-state index in [1.54, 1.807) is 13.3 Å². The molecule has 2 aliphatic rings. The van der Waals surface area contributed by atoms with E-state index in [-0.39, 0.29) is 28.6 Å². The molecule has 1 atom stereocenters. The van der Waals surface area contributed by atoms with E-state index in [4.69, 9.17) is 4.74 Å². The fourth-order valence-electron chi connectivity index (χ4n) is 4.16. The van der Waals surface area contributed by atoms with E-state index in [0.29, 0.717) is 13.1 Å². The van der Waals surface area contributed by atoms with Crippen LogP contribution in [-0.4, -0.2) is 57.8 Å². The predicted molar refractivity (Wildman–Crippen MR) is 86.0 cm³/mol. The molecule has 23 heavy (non-hydrogen) atoms. The van der Waals surface area contributed by atoms with E-state index >= 15 is 0 Å². The molecule has 0 spiro atoms.